The summed E-state index contributed by atoms with van der Waals surface area (Å²) in [5, 5.41) is 0. The molecule has 0 bridgehead atoms. The Hall–Kier alpha value is -1.13. The van der Waals surface area contributed by atoms with E-state index in [-0.39, 0.29) is 0 Å². The normalized spacial score (nSPS) is 10.4. The number of hydrogen-bond donors (Lipinski definition) is 1. The number of nitrogens with two attached hydrogens (primary N) is 1. The fraction of sp³-hybridized carbons (Fsp3) is 0.200. The summed E-state index contributed by atoms with van der Waals surface area (Å²) >= 11 is 5.11. The highest BCUT2D eigenvalue weighted by Gasteiger charge is 2.01. The van der Waals surface area contributed by atoms with Gasteiger partial charge in [-0.15, -0.1) is 11.8 Å². The SMILES string of the molecule is Cc1ccc(OCCSc2ccc(Br)cc2N)cc1. The molecule has 2 aromatic carbocycles. The Bertz CT molecular complexity index is 542. The molecular formula is C15H16BrNOS. The van der Waals surface area contributed by atoms with Crippen LogP contribution in [-0.2, 0) is 0 Å². The zero-order valence-electron chi connectivity index (χ0n) is 10.7. The van der Waals surface area contributed by atoms with Gasteiger partial charge in [0.2, 0.25) is 0 Å². The highest BCUT2D eigenvalue weighted by Crippen LogP contribution is 2.27. The molecule has 0 unspecified atom stereocenters. The summed E-state index contributed by atoms with van der Waals surface area (Å²) in [6.07, 6.45) is 0. The van der Waals surface area contributed by atoms with Crippen molar-refractivity contribution in [1.29, 1.82) is 0 Å². The van der Waals surface area contributed by atoms with E-state index in [9.17, 15) is 0 Å². The minimum atomic E-state index is 0.670. The van der Waals surface area contributed by atoms with Crippen molar-refractivity contribution in [2.75, 3.05) is 18.1 Å². The minimum Gasteiger partial charge on any atom is -0.493 e. The van der Waals surface area contributed by atoms with Crippen molar-refractivity contribution in [2.24, 2.45) is 0 Å². The summed E-state index contributed by atoms with van der Waals surface area (Å²) < 4.78 is 6.68. The number of rotatable bonds is 5. The van der Waals surface area contributed by atoms with Crippen LogP contribution in [0, 0.1) is 6.92 Å². The number of thioether (sulfide) groups is 1. The maximum Gasteiger partial charge on any atom is 0.119 e. The number of benzene rings is 2. The molecule has 2 N–H and O–H groups in total. The Labute approximate surface area is 126 Å². The fourth-order valence-electron chi connectivity index (χ4n) is 1.60. The van der Waals surface area contributed by atoms with E-state index in [0.717, 1.165) is 26.6 Å². The summed E-state index contributed by atoms with van der Waals surface area (Å²) in [7, 11) is 0. The number of anilines is 1. The summed E-state index contributed by atoms with van der Waals surface area (Å²) in [5.74, 6) is 1.79. The first-order chi connectivity index (χ1) is 9.15. The van der Waals surface area contributed by atoms with Gasteiger partial charge >= 0.3 is 0 Å². The van der Waals surface area contributed by atoms with Gasteiger partial charge in [0.25, 0.3) is 0 Å². The molecule has 0 fully saturated rings. The van der Waals surface area contributed by atoms with Crippen molar-refractivity contribution in [3.8, 4) is 5.75 Å². The van der Waals surface area contributed by atoms with Gasteiger partial charge in [0.05, 0.1) is 6.61 Å². The molecule has 2 aromatic rings. The molecule has 0 amide bonds. The zero-order valence-corrected chi connectivity index (χ0v) is 13.1. The molecular weight excluding hydrogens is 322 g/mol. The van der Waals surface area contributed by atoms with Crippen LogP contribution in [0.15, 0.2) is 51.8 Å². The lowest BCUT2D eigenvalue weighted by molar-refractivity contribution is 0.344. The smallest absolute Gasteiger partial charge is 0.119 e. The number of aryl methyl sites for hydroxylation is 1. The second kappa shape index (κ2) is 6.87. The average molecular weight is 338 g/mol. The average Bonchev–Trinajstić information content (AvgIpc) is 2.39. The van der Waals surface area contributed by atoms with Crippen LogP contribution < -0.4 is 10.5 Å². The van der Waals surface area contributed by atoms with E-state index in [2.05, 4.69) is 35.0 Å². The van der Waals surface area contributed by atoms with Crippen molar-refractivity contribution in [2.45, 2.75) is 11.8 Å². The molecule has 100 valence electrons. The van der Waals surface area contributed by atoms with Gasteiger partial charge in [0.1, 0.15) is 5.75 Å². The van der Waals surface area contributed by atoms with Gasteiger partial charge in [-0.25, -0.2) is 0 Å². The van der Waals surface area contributed by atoms with Crippen LogP contribution >= 0.6 is 27.7 Å². The predicted octanol–water partition coefficient (Wildman–Crippen LogP) is 4.51. The number of halogens is 1. The van der Waals surface area contributed by atoms with E-state index < -0.39 is 0 Å². The monoisotopic (exact) mass is 337 g/mol. The van der Waals surface area contributed by atoms with Crippen LogP contribution in [0.25, 0.3) is 0 Å². The molecule has 0 aliphatic carbocycles. The Balaban J connectivity index is 1.79. The van der Waals surface area contributed by atoms with E-state index in [4.69, 9.17) is 10.5 Å². The number of hydrogen-bond acceptors (Lipinski definition) is 3. The number of nitrogen functional groups attached to an aromatic ring is 1. The Morgan fingerprint density at radius 3 is 2.58 bits per heavy atom. The third-order valence-electron chi connectivity index (χ3n) is 2.60. The molecule has 4 heteroatoms. The highest BCUT2D eigenvalue weighted by molar-refractivity contribution is 9.10. The topological polar surface area (TPSA) is 35.2 Å². The van der Waals surface area contributed by atoms with E-state index >= 15 is 0 Å². The summed E-state index contributed by atoms with van der Waals surface area (Å²) in [6.45, 7) is 2.74. The van der Waals surface area contributed by atoms with Crippen LogP contribution in [0.2, 0.25) is 0 Å². The van der Waals surface area contributed by atoms with Crippen molar-refractivity contribution < 1.29 is 4.74 Å². The first kappa shape index (κ1) is 14.3. The lowest BCUT2D eigenvalue weighted by Crippen LogP contribution is -2.00. The van der Waals surface area contributed by atoms with Crippen molar-refractivity contribution in [1.82, 2.24) is 0 Å². The van der Waals surface area contributed by atoms with E-state index in [0.29, 0.717) is 6.61 Å². The van der Waals surface area contributed by atoms with Crippen LogP contribution in [0.4, 0.5) is 5.69 Å². The summed E-state index contributed by atoms with van der Waals surface area (Å²) in [5.41, 5.74) is 7.98. The van der Waals surface area contributed by atoms with Gasteiger partial charge in [0.15, 0.2) is 0 Å². The highest BCUT2D eigenvalue weighted by atomic mass is 79.9. The molecule has 0 spiro atoms. The largest absolute Gasteiger partial charge is 0.493 e. The fourth-order valence-corrected chi connectivity index (χ4v) is 2.75. The molecule has 0 aromatic heterocycles. The lowest BCUT2D eigenvalue weighted by atomic mass is 10.2. The van der Waals surface area contributed by atoms with Gasteiger partial charge in [-0.3, -0.25) is 0 Å². The minimum absolute atomic E-state index is 0.670. The third-order valence-corrected chi connectivity index (χ3v) is 4.15. The van der Waals surface area contributed by atoms with Gasteiger partial charge in [-0.05, 0) is 37.3 Å². The second-order valence-electron chi connectivity index (χ2n) is 4.19. The standard InChI is InChI=1S/C15H16BrNOS/c1-11-2-5-13(6-3-11)18-8-9-19-15-7-4-12(16)10-14(15)17/h2-7,10H,8-9,17H2,1H3. The Morgan fingerprint density at radius 2 is 1.89 bits per heavy atom. The molecule has 2 nitrogen and oxygen atoms in total. The van der Waals surface area contributed by atoms with Gasteiger partial charge < -0.3 is 10.5 Å². The first-order valence-corrected chi connectivity index (χ1v) is 7.80. The molecule has 0 aliphatic rings. The summed E-state index contributed by atoms with van der Waals surface area (Å²) in [4.78, 5) is 1.09. The maximum absolute atomic E-state index is 5.94. The van der Waals surface area contributed by atoms with E-state index in [1.165, 1.54) is 5.56 Å². The maximum atomic E-state index is 5.94. The van der Waals surface area contributed by atoms with Crippen molar-refractivity contribution in [3.63, 3.8) is 0 Å². The van der Waals surface area contributed by atoms with Gasteiger partial charge in [-0.2, -0.15) is 0 Å². The lowest BCUT2D eigenvalue weighted by Gasteiger charge is -2.08. The van der Waals surface area contributed by atoms with Crippen LogP contribution in [-0.4, -0.2) is 12.4 Å². The third kappa shape index (κ3) is 4.48. The summed E-state index contributed by atoms with van der Waals surface area (Å²) in [6, 6.07) is 14.0. The second-order valence-corrected chi connectivity index (χ2v) is 6.24. The van der Waals surface area contributed by atoms with E-state index in [1.54, 1.807) is 11.8 Å². The van der Waals surface area contributed by atoms with Crippen LogP contribution in [0.3, 0.4) is 0 Å². The molecule has 0 atom stereocenters. The molecule has 0 saturated carbocycles. The first-order valence-electron chi connectivity index (χ1n) is 6.02. The van der Waals surface area contributed by atoms with Gasteiger partial charge in [0, 0.05) is 20.8 Å². The molecule has 19 heavy (non-hydrogen) atoms. The van der Waals surface area contributed by atoms with Crippen molar-refractivity contribution in [3.05, 3.63) is 52.5 Å². The van der Waals surface area contributed by atoms with Gasteiger partial charge in [-0.1, -0.05) is 33.6 Å². The quantitative estimate of drug-likeness (QED) is 0.495. The molecule has 0 aliphatic heterocycles. The zero-order chi connectivity index (χ0) is 13.7. The molecule has 2 rings (SSSR count). The Kier molecular flexibility index (Phi) is 5.16. The molecule has 0 saturated heterocycles. The molecule has 0 radical (unpaired) electrons. The predicted molar refractivity (Wildman–Crippen MR) is 86.0 cm³/mol. The van der Waals surface area contributed by atoms with Crippen LogP contribution in [0.5, 0.6) is 5.75 Å². The number of ether oxygens (including phenoxy) is 1. The Morgan fingerprint density at radius 1 is 1.16 bits per heavy atom. The molecule has 0 heterocycles. The van der Waals surface area contributed by atoms with E-state index in [1.807, 2.05) is 30.3 Å². The van der Waals surface area contributed by atoms with Crippen molar-refractivity contribution >= 4 is 33.4 Å². The van der Waals surface area contributed by atoms with Crippen LogP contribution in [0.1, 0.15) is 5.56 Å².